The summed E-state index contributed by atoms with van der Waals surface area (Å²) in [6.45, 7) is 5.78. The number of unbranched alkanes of at least 4 members (excludes halogenated alkanes) is 1. The molecule has 1 aliphatic rings. The molecule has 1 saturated heterocycles. The first-order chi connectivity index (χ1) is 11.2. The van der Waals surface area contributed by atoms with Gasteiger partial charge in [-0.15, -0.1) is 24.0 Å². The summed E-state index contributed by atoms with van der Waals surface area (Å²) in [6.07, 6.45) is 3.78. The van der Waals surface area contributed by atoms with Crippen LogP contribution in [0.15, 0.2) is 4.99 Å². The largest absolute Gasteiger partial charge is 0.469 e. The number of carbonyl (C=O) groups excluding carboxylic acids is 1. The van der Waals surface area contributed by atoms with Crippen molar-refractivity contribution < 1.29 is 19.4 Å². The van der Waals surface area contributed by atoms with Crippen LogP contribution in [0.5, 0.6) is 0 Å². The van der Waals surface area contributed by atoms with Crippen LogP contribution >= 0.6 is 24.0 Å². The van der Waals surface area contributed by atoms with E-state index in [4.69, 9.17) is 4.74 Å². The number of hydrogen-bond donors (Lipinski definition) is 3. The highest BCUT2D eigenvalue weighted by Crippen LogP contribution is 2.32. The van der Waals surface area contributed by atoms with E-state index >= 15 is 0 Å². The lowest BCUT2D eigenvalue weighted by atomic mass is 9.84. The Morgan fingerprint density at radius 2 is 2.17 bits per heavy atom. The fourth-order valence-corrected chi connectivity index (χ4v) is 2.58. The molecule has 1 atom stereocenters. The topological polar surface area (TPSA) is 92.2 Å². The number of aliphatic imine (C=N–C) groups is 1. The number of aliphatic hydroxyl groups is 1. The number of halogens is 1. The number of methoxy groups -OCH3 is 1. The zero-order chi connectivity index (χ0) is 17.0. The van der Waals surface area contributed by atoms with Crippen LogP contribution in [0.1, 0.15) is 39.0 Å². The van der Waals surface area contributed by atoms with E-state index in [0.717, 1.165) is 51.3 Å². The molecular formula is C16H32IN3O4. The van der Waals surface area contributed by atoms with Gasteiger partial charge in [0.1, 0.15) is 0 Å². The number of esters is 1. The van der Waals surface area contributed by atoms with Crippen LogP contribution in [-0.2, 0) is 14.3 Å². The number of nitrogens with one attached hydrogen (secondary N) is 2. The van der Waals surface area contributed by atoms with Crippen LogP contribution in [0.3, 0.4) is 0 Å². The van der Waals surface area contributed by atoms with E-state index in [1.165, 1.54) is 7.11 Å². The van der Waals surface area contributed by atoms with Gasteiger partial charge in [0.15, 0.2) is 5.96 Å². The molecule has 1 rings (SSSR count). The summed E-state index contributed by atoms with van der Waals surface area (Å²) in [5.41, 5.74) is -0.0397. The minimum Gasteiger partial charge on any atom is -0.469 e. The number of ether oxygens (including phenoxy) is 2. The number of nitrogens with zero attached hydrogens (tertiary/aromatic N) is 1. The Kier molecular flexibility index (Phi) is 13.3. The van der Waals surface area contributed by atoms with Crippen molar-refractivity contribution in [2.45, 2.75) is 39.0 Å². The van der Waals surface area contributed by atoms with Crippen molar-refractivity contribution in [2.24, 2.45) is 10.4 Å². The number of carbonyl (C=O) groups is 1. The van der Waals surface area contributed by atoms with E-state index in [9.17, 15) is 9.90 Å². The molecule has 142 valence electrons. The van der Waals surface area contributed by atoms with E-state index in [1.807, 2.05) is 6.92 Å². The van der Waals surface area contributed by atoms with E-state index < -0.39 is 0 Å². The second-order valence-corrected chi connectivity index (χ2v) is 5.93. The third-order valence-corrected chi connectivity index (χ3v) is 4.07. The Morgan fingerprint density at radius 1 is 1.38 bits per heavy atom. The first-order valence-electron chi connectivity index (χ1n) is 8.43. The quantitative estimate of drug-likeness (QED) is 0.151. The first-order valence-corrected chi connectivity index (χ1v) is 8.43. The summed E-state index contributed by atoms with van der Waals surface area (Å²) in [7, 11) is 1.41. The van der Waals surface area contributed by atoms with Gasteiger partial charge in [-0.1, -0.05) is 0 Å². The van der Waals surface area contributed by atoms with Gasteiger partial charge in [-0.2, -0.15) is 0 Å². The van der Waals surface area contributed by atoms with Crippen LogP contribution in [-0.4, -0.2) is 63.6 Å². The van der Waals surface area contributed by atoms with E-state index in [2.05, 4.69) is 20.4 Å². The first kappa shape index (κ1) is 23.4. The summed E-state index contributed by atoms with van der Waals surface area (Å²) in [5, 5.41) is 15.8. The molecule has 7 nitrogen and oxygen atoms in total. The third kappa shape index (κ3) is 9.03. The maximum Gasteiger partial charge on any atom is 0.305 e. The minimum absolute atomic E-state index is 0. The Morgan fingerprint density at radius 3 is 2.75 bits per heavy atom. The van der Waals surface area contributed by atoms with Crippen LogP contribution in [0.2, 0.25) is 0 Å². The highest BCUT2D eigenvalue weighted by molar-refractivity contribution is 14.0. The molecule has 24 heavy (non-hydrogen) atoms. The second-order valence-electron chi connectivity index (χ2n) is 5.93. The number of aliphatic hydroxyl groups excluding tert-OH is 1. The molecular weight excluding hydrogens is 425 g/mol. The van der Waals surface area contributed by atoms with Crippen molar-refractivity contribution in [1.82, 2.24) is 10.6 Å². The Hall–Kier alpha value is -0.610. The third-order valence-electron chi connectivity index (χ3n) is 4.07. The second kappa shape index (κ2) is 13.7. The highest BCUT2D eigenvalue weighted by atomic mass is 127. The molecule has 1 aliphatic heterocycles. The lowest BCUT2D eigenvalue weighted by Gasteiger charge is -2.24. The van der Waals surface area contributed by atoms with Gasteiger partial charge < -0.3 is 25.2 Å². The average molecular weight is 457 g/mol. The SMILES string of the molecule is CCNC(=NCC1(CCO)CCOC1)NCCCCC(=O)OC.I. The minimum atomic E-state index is -0.169. The fourth-order valence-electron chi connectivity index (χ4n) is 2.58. The molecule has 0 amide bonds. The van der Waals surface area contributed by atoms with Gasteiger partial charge in [-0.25, -0.2) is 0 Å². The van der Waals surface area contributed by atoms with Gasteiger partial charge >= 0.3 is 5.97 Å². The van der Waals surface area contributed by atoms with Crippen molar-refractivity contribution in [3.8, 4) is 0 Å². The van der Waals surface area contributed by atoms with Gasteiger partial charge in [0.05, 0.1) is 20.3 Å². The molecule has 0 saturated carbocycles. The Labute approximate surface area is 162 Å². The summed E-state index contributed by atoms with van der Waals surface area (Å²) in [6, 6.07) is 0. The zero-order valence-electron chi connectivity index (χ0n) is 14.8. The predicted molar refractivity (Wildman–Crippen MR) is 105 cm³/mol. The highest BCUT2D eigenvalue weighted by Gasteiger charge is 2.34. The van der Waals surface area contributed by atoms with Crippen molar-refractivity contribution in [2.75, 3.05) is 46.6 Å². The molecule has 0 aromatic rings. The lowest BCUT2D eigenvalue weighted by molar-refractivity contribution is -0.140. The summed E-state index contributed by atoms with van der Waals surface area (Å²) < 4.78 is 10.1. The molecule has 0 bridgehead atoms. The molecule has 1 unspecified atom stereocenters. The smallest absolute Gasteiger partial charge is 0.305 e. The molecule has 0 aliphatic carbocycles. The summed E-state index contributed by atoms with van der Waals surface area (Å²) >= 11 is 0. The maximum atomic E-state index is 11.0. The molecule has 3 N–H and O–H groups in total. The van der Waals surface area contributed by atoms with Gasteiger partial charge in [-0.05, 0) is 32.6 Å². The van der Waals surface area contributed by atoms with Gasteiger partial charge in [0.2, 0.25) is 0 Å². The average Bonchev–Trinajstić information content (AvgIpc) is 3.01. The van der Waals surface area contributed by atoms with Crippen molar-refractivity contribution in [3.63, 3.8) is 0 Å². The monoisotopic (exact) mass is 457 g/mol. The van der Waals surface area contributed by atoms with Crippen molar-refractivity contribution in [3.05, 3.63) is 0 Å². The van der Waals surface area contributed by atoms with Gasteiger partial charge in [-0.3, -0.25) is 9.79 Å². The Balaban J connectivity index is 0.00000529. The molecule has 0 radical (unpaired) electrons. The Bertz CT molecular complexity index is 374. The summed E-state index contributed by atoms with van der Waals surface area (Å²) in [4.78, 5) is 15.7. The van der Waals surface area contributed by atoms with Crippen molar-refractivity contribution in [1.29, 1.82) is 0 Å². The molecule has 1 fully saturated rings. The normalized spacial score (nSPS) is 20.4. The lowest BCUT2D eigenvalue weighted by Crippen LogP contribution is -2.39. The molecule has 1 heterocycles. The van der Waals surface area contributed by atoms with E-state index in [0.29, 0.717) is 19.6 Å². The maximum absolute atomic E-state index is 11.0. The van der Waals surface area contributed by atoms with E-state index in [-0.39, 0.29) is 42.0 Å². The molecule has 0 aromatic carbocycles. The van der Waals surface area contributed by atoms with Crippen LogP contribution in [0.4, 0.5) is 0 Å². The predicted octanol–water partition coefficient (Wildman–Crippen LogP) is 1.29. The zero-order valence-corrected chi connectivity index (χ0v) is 17.1. The molecule has 0 aromatic heterocycles. The summed E-state index contributed by atoms with van der Waals surface area (Å²) in [5.74, 6) is 0.604. The van der Waals surface area contributed by atoms with Crippen LogP contribution in [0.25, 0.3) is 0 Å². The fraction of sp³-hybridized carbons (Fsp3) is 0.875. The van der Waals surface area contributed by atoms with Crippen LogP contribution < -0.4 is 10.6 Å². The van der Waals surface area contributed by atoms with E-state index in [1.54, 1.807) is 0 Å². The number of hydrogen-bond acceptors (Lipinski definition) is 5. The number of rotatable bonds is 10. The van der Waals surface area contributed by atoms with Gasteiger partial charge in [0, 0.05) is 38.1 Å². The molecule has 8 heteroatoms. The van der Waals surface area contributed by atoms with Gasteiger partial charge in [0.25, 0.3) is 0 Å². The standard InChI is InChI=1S/C16H31N3O4.HI/c1-3-17-15(18-9-5-4-6-14(21)22-2)19-12-16(7-10-20)8-11-23-13-16;/h20H,3-13H2,1-2H3,(H2,17,18,19);1H. The van der Waals surface area contributed by atoms with Crippen LogP contribution in [0, 0.1) is 5.41 Å². The molecule has 0 spiro atoms. The number of guanidine groups is 1. The van der Waals surface area contributed by atoms with Crippen molar-refractivity contribution >= 4 is 35.9 Å².